The Bertz CT molecular complexity index is 1330. The minimum atomic E-state index is -3.13. The van der Waals surface area contributed by atoms with Gasteiger partial charge in [-0.3, -0.25) is 9.69 Å². The fourth-order valence-electron chi connectivity index (χ4n) is 3.38. The highest BCUT2D eigenvalue weighted by atomic mass is 32.2. The number of aryl methyl sites for hydroxylation is 1. The van der Waals surface area contributed by atoms with Crippen LogP contribution in [0.3, 0.4) is 0 Å². The monoisotopic (exact) mass is 450 g/mol. The number of thiazole rings is 1. The van der Waals surface area contributed by atoms with Crippen LogP contribution in [-0.4, -0.2) is 25.6 Å². The third-order valence-corrected chi connectivity index (χ3v) is 6.80. The summed E-state index contributed by atoms with van der Waals surface area (Å²) in [6, 6.07) is 22.5. The molecule has 0 aliphatic rings. The zero-order valence-electron chi connectivity index (χ0n) is 17.3. The van der Waals surface area contributed by atoms with Crippen LogP contribution in [0.1, 0.15) is 27.0 Å². The summed E-state index contributed by atoms with van der Waals surface area (Å²) in [6.45, 7) is 2.40. The summed E-state index contributed by atoms with van der Waals surface area (Å²) >= 11 is 1.49. The summed E-state index contributed by atoms with van der Waals surface area (Å²) in [6.07, 6.45) is 1.20. The normalized spacial score (nSPS) is 11.5. The fraction of sp³-hybridized carbons (Fsp3) is 0.167. The number of anilines is 1. The number of carbonyl (C=O) groups is 1. The van der Waals surface area contributed by atoms with E-state index in [4.69, 9.17) is 4.98 Å². The molecule has 0 atom stereocenters. The van der Waals surface area contributed by atoms with Gasteiger partial charge >= 0.3 is 0 Å². The number of amides is 1. The molecule has 0 radical (unpaired) electrons. The molecule has 1 heterocycles. The van der Waals surface area contributed by atoms with Crippen LogP contribution in [0, 0.1) is 6.92 Å². The van der Waals surface area contributed by atoms with Crippen molar-refractivity contribution in [2.45, 2.75) is 19.2 Å². The Kier molecular flexibility index (Phi) is 5.89. The Morgan fingerprint density at radius 3 is 2.29 bits per heavy atom. The highest BCUT2D eigenvalue weighted by Gasteiger charge is 2.22. The Morgan fingerprint density at radius 2 is 1.65 bits per heavy atom. The molecule has 0 bridgehead atoms. The van der Waals surface area contributed by atoms with E-state index in [-0.39, 0.29) is 11.7 Å². The molecule has 1 aromatic heterocycles. The molecule has 0 saturated carbocycles. The van der Waals surface area contributed by atoms with Gasteiger partial charge in [-0.2, -0.15) is 0 Å². The number of hydrogen-bond acceptors (Lipinski definition) is 5. The van der Waals surface area contributed by atoms with Crippen molar-refractivity contribution in [1.29, 1.82) is 0 Å². The molecule has 4 rings (SSSR count). The van der Waals surface area contributed by atoms with Crippen LogP contribution in [0.15, 0.2) is 72.8 Å². The molecule has 31 heavy (non-hydrogen) atoms. The minimum Gasteiger partial charge on any atom is -0.279 e. The average Bonchev–Trinajstić information content (AvgIpc) is 3.17. The molecule has 0 unspecified atom stereocenters. The third kappa shape index (κ3) is 5.00. The number of fused-ring (bicyclic) bond motifs is 1. The van der Waals surface area contributed by atoms with Gasteiger partial charge in [0.15, 0.2) is 15.0 Å². The second kappa shape index (κ2) is 8.61. The van der Waals surface area contributed by atoms with Crippen molar-refractivity contribution in [1.82, 2.24) is 4.98 Å². The first-order chi connectivity index (χ1) is 14.8. The fourth-order valence-corrected chi connectivity index (χ4v) is 5.22. The topological polar surface area (TPSA) is 67.3 Å². The van der Waals surface area contributed by atoms with E-state index < -0.39 is 9.84 Å². The molecule has 0 saturated heterocycles. The summed E-state index contributed by atoms with van der Waals surface area (Å²) in [4.78, 5) is 19.9. The molecule has 1 amide bonds. The number of carbonyl (C=O) groups excluding carboxylic acids is 1. The maximum Gasteiger partial charge on any atom is 0.260 e. The first-order valence-corrected chi connectivity index (χ1v) is 12.7. The minimum absolute atomic E-state index is 0.0493. The lowest BCUT2D eigenvalue weighted by atomic mass is 10.1. The van der Waals surface area contributed by atoms with Gasteiger partial charge in [0.25, 0.3) is 5.91 Å². The second-order valence-corrected chi connectivity index (χ2v) is 10.7. The third-order valence-electron chi connectivity index (χ3n) is 4.90. The van der Waals surface area contributed by atoms with Crippen molar-refractivity contribution in [3.63, 3.8) is 0 Å². The van der Waals surface area contributed by atoms with Crippen LogP contribution in [-0.2, 0) is 22.1 Å². The van der Waals surface area contributed by atoms with Gasteiger partial charge in [-0.1, -0.05) is 65.9 Å². The van der Waals surface area contributed by atoms with Crippen LogP contribution < -0.4 is 4.90 Å². The van der Waals surface area contributed by atoms with Gasteiger partial charge in [-0.25, -0.2) is 13.4 Å². The van der Waals surface area contributed by atoms with E-state index in [0.29, 0.717) is 22.8 Å². The van der Waals surface area contributed by atoms with Crippen molar-refractivity contribution in [3.8, 4) is 0 Å². The number of nitrogens with zero attached hydrogens (tertiary/aromatic N) is 2. The Labute approximate surface area is 185 Å². The van der Waals surface area contributed by atoms with Gasteiger partial charge < -0.3 is 0 Å². The highest BCUT2D eigenvalue weighted by Crippen LogP contribution is 2.32. The predicted molar refractivity (Wildman–Crippen MR) is 126 cm³/mol. The number of hydrogen-bond donors (Lipinski definition) is 0. The van der Waals surface area contributed by atoms with E-state index >= 15 is 0 Å². The summed E-state index contributed by atoms with van der Waals surface area (Å²) in [7, 11) is -3.13. The molecule has 4 aromatic rings. The first-order valence-electron chi connectivity index (χ1n) is 9.79. The van der Waals surface area contributed by atoms with E-state index in [9.17, 15) is 13.2 Å². The summed E-state index contributed by atoms with van der Waals surface area (Å²) < 4.78 is 24.1. The van der Waals surface area contributed by atoms with Gasteiger partial charge in [-0.05, 0) is 41.8 Å². The van der Waals surface area contributed by atoms with Crippen LogP contribution in [0.25, 0.3) is 10.2 Å². The standard InChI is InChI=1S/C24H22N2O3S2/c1-17-7-6-10-21-22(17)25-24(30-21)26(15-18-8-4-3-5-9-18)23(27)20-13-11-19(12-14-20)16-31(2,28)29/h3-14H,15-16H2,1-2H3. The van der Waals surface area contributed by atoms with Crippen LogP contribution in [0.2, 0.25) is 0 Å². The maximum absolute atomic E-state index is 13.5. The van der Waals surface area contributed by atoms with E-state index in [1.807, 2.05) is 55.5 Å². The van der Waals surface area contributed by atoms with Crippen molar-refractivity contribution >= 4 is 42.4 Å². The lowest BCUT2D eigenvalue weighted by Gasteiger charge is -2.20. The second-order valence-electron chi connectivity index (χ2n) is 7.56. The average molecular weight is 451 g/mol. The van der Waals surface area contributed by atoms with E-state index in [2.05, 4.69) is 0 Å². The first kappa shape index (κ1) is 21.2. The lowest BCUT2D eigenvalue weighted by molar-refractivity contribution is 0.0985. The molecule has 158 valence electrons. The Morgan fingerprint density at radius 1 is 0.935 bits per heavy atom. The molecule has 0 N–H and O–H groups in total. The number of para-hydroxylation sites is 1. The highest BCUT2D eigenvalue weighted by molar-refractivity contribution is 7.89. The van der Waals surface area contributed by atoms with E-state index in [0.717, 1.165) is 21.3 Å². The van der Waals surface area contributed by atoms with E-state index in [1.165, 1.54) is 17.6 Å². The van der Waals surface area contributed by atoms with Crippen molar-refractivity contribution in [2.24, 2.45) is 0 Å². The largest absolute Gasteiger partial charge is 0.279 e. The van der Waals surface area contributed by atoms with Crippen LogP contribution in [0.5, 0.6) is 0 Å². The molecule has 5 nitrogen and oxygen atoms in total. The Hall–Kier alpha value is -3.03. The van der Waals surface area contributed by atoms with Gasteiger partial charge in [-0.15, -0.1) is 0 Å². The SMILES string of the molecule is Cc1cccc2sc(N(Cc3ccccc3)C(=O)c3ccc(CS(C)(=O)=O)cc3)nc12. The van der Waals surface area contributed by atoms with Gasteiger partial charge in [0, 0.05) is 11.8 Å². The van der Waals surface area contributed by atoms with Crippen molar-refractivity contribution in [2.75, 3.05) is 11.2 Å². The number of aromatic nitrogens is 1. The zero-order chi connectivity index (χ0) is 22.0. The van der Waals surface area contributed by atoms with Crippen molar-refractivity contribution in [3.05, 3.63) is 95.1 Å². The molecule has 3 aromatic carbocycles. The summed E-state index contributed by atoms with van der Waals surface area (Å²) in [5.41, 5.74) is 4.11. The van der Waals surface area contributed by atoms with Gasteiger partial charge in [0.05, 0.1) is 22.5 Å². The maximum atomic E-state index is 13.5. The number of rotatable bonds is 6. The predicted octanol–water partition coefficient (Wildman–Crippen LogP) is 5.00. The van der Waals surface area contributed by atoms with Crippen molar-refractivity contribution < 1.29 is 13.2 Å². The summed E-state index contributed by atoms with van der Waals surface area (Å²) in [5, 5.41) is 0.637. The summed E-state index contributed by atoms with van der Waals surface area (Å²) in [5.74, 6) is -0.224. The molecule has 0 aliphatic carbocycles. The molecule has 0 fully saturated rings. The number of sulfone groups is 1. The smallest absolute Gasteiger partial charge is 0.260 e. The van der Waals surface area contributed by atoms with Crippen LogP contribution >= 0.6 is 11.3 Å². The zero-order valence-corrected chi connectivity index (χ0v) is 18.9. The van der Waals surface area contributed by atoms with Gasteiger partial charge in [0.1, 0.15) is 0 Å². The quantitative estimate of drug-likeness (QED) is 0.415. The molecular formula is C24H22N2O3S2. The molecule has 0 spiro atoms. The van der Waals surface area contributed by atoms with Crippen LogP contribution in [0.4, 0.5) is 5.13 Å². The lowest BCUT2D eigenvalue weighted by Crippen LogP contribution is -2.30. The Balaban J connectivity index is 1.71. The molecule has 7 heteroatoms. The van der Waals surface area contributed by atoms with Gasteiger partial charge in [0.2, 0.25) is 0 Å². The van der Waals surface area contributed by atoms with E-state index in [1.54, 1.807) is 29.2 Å². The molecular weight excluding hydrogens is 428 g/mol. The molecule has 0 aliphatic heterocycles. The number of benzene rings is 3.